The summed E-state index contributed by atoms with van der Waals surface area (Å²) in [6, 6.07) is 7.33. The van der Waals surface area contributed by atoms with Crippen LogP contribution in [-0.4, -0.2) is 24.9 Å². The molecule has 1 saturated heterocycles. The molecule has 5 heteroatoms. The molecule has 1 aliphatic rings. The fourth-order valence-electron chi connectivity index (χ4n) is 2.04. The third-order valence-electron chi connectivity index (χ3n) is 3.64. The van der Waals surface area contributed by atoms with Crippen molar-refractivity contribution in [1.82, 2.24) is 0 Å². The van der Waals surface area contributed by atoms with E-state index in [2.05, 4.69) is 5.32 Å². The number of anilines is 2. The molecule has 2 rings (SSSR count). The summed E-state index contributed by atoms with van der Waals surface area (Å²) in [6.07, 6.45) is 1.52. The topological polar surface area (TPSA) is 75.4 Å². The molecule has 108 valence electrons. The lowest BCUT2D eigenvalue weighted by Gasteiger charge is -2.21. The zero-order valence-corrected chi connectivity index (χ0v) is 12.0. The van der Waals surface area contributed by atoms with Gasteiger partial charge < -0.3 is 16.0 Å². The summed E-state index contributed by atoms with van der Waals surface area (Å²) >= 11 is 0. The van der Waals surface area contributed by atoms with Crippen molar-refractivity contribution >= 4 is 23.2 Å². The van der Waals surface area contributed by atoms with Crippen LogP contribution in [0.2, 0.25) is 0 Å². The highest BCUT2D eigenvalue weighted by atomic mass is 16.2. The lowest BCUT2D eigenvalue weighted by atomic mass is 9.92. The highest BCUT2D eigenvalue weighted by Crippen LogP contribution is 2.24. The predicted octanol–water partition coefficient (Wildman–Crippen LogP) is 1.74. The number of benzene rings is 1. The van der Waals surface area contributed by atoms with Crippen LogP contribution < -0.4 is 16.0 Å². The van der Waals surface area contributed by atoms with E-state index < -0.39 is 5.41 Å². The van der Waals surface area contributed by atoms with Crippen LogP contribution in [-0.2, 0) is 9.59 Å². The number of carbonyl (C=O) groups excluding carboxylic acids is 2. The summed E-state index contributed by atoms with van der Waals surface area (Å²) < 4.78 is 0. The molecule has 2 amide bonds. The zero-order chi connectivity index (χ0) is 14.8. The normalized spacial score (nSPS) is 15.6. The van der Waals surface area contributed by atoms with Gasteiger partial charge in [0.1, 0.15) is 0 Å². The summed E-state index contributed by atoms with van der Waals surface area (Å²) in [5.74, 6) is 0.0519. The van der Waals surface area contributed by atoms with Crippen molar-refractivity contribution < 1.29 is 9.59 Å². The monoisotopic (exact) mass is 275 g/mol. The van der Waals surface area contributed by atoms with Gasteiger partial charge in [-0.05, 0) is 44.5 Å². The average Bonchev–Trinajstić information content (AvgIpc) is 2.86. The second-order valence-corrected chi connectivity index (χ2v) is 5.74. The average molecular weight is 275 g/mol. The smallest absolute Gasteiger partial charge is 0.231 e. The predicted molar refractivity (Wildman–Crippen MR) is 79.5 cm³/mol. The Labute approximate surface area is 119 Å². The second-order valence-electron chi connectivity index (χ2n) is 5.74. The SMILES string of the molecule is CC(C)(CN)C(=O)Nc1ccc(N2CCCC2=O)cc1. The maximum atomic E-state index is 12.0. The summed E-state index contributed by atoms with van der Waals surface area (Å²) in [7, 11) is 0. The van der Waals surface area contributed by atoms with Crippen molar-refractivity contribution in [2.24, 2.45) is 11.1 Å². The van der Waals surface area contributed by atoms with Crippen molar-refractivity contribution in [2.45, 2.75) is 26.7 Å². The van der Waals surface area contributed by atoms with Crippen LogP contribution in [0, 0.1) is 5.41 Å². The number of nitrogens with two attached hydrogens (primary N) is 1. The first-order valence-corrected chi connectivity index (χ1v) is 6.86. The Balaban J connectivity index is 2.05. The van der Waals surface area contributed by atoms with E-state index in [1.54, 1.807) is 18.7 Å². The molecule has 0 radical (unpaired) electrons. The minimum atomic E-state index is -0.594. The fourth-order valence-corrected chi connectivity index (χ4v) is 2.04. The molecule has 0 atom stereocenters. The number of carbonyl (C=O) groups is 2. The van der Waals surface area contributed by atoms with Crippen LogP contribution in [0.4, 0.5) is 11.4 Å². The zero-order valence-electron chi connectivity index (χ0n) is 12.0. The van der Waals surface area contributed by atoms with E-state index in [0.29, 0.717) is 18.7 Å². The second kappa shape index (κ2) is 5.63. The van der Waals surface area contributed by atoms with Gasteiger partial charge in [-0.25, -0.2) is 0 Å². The van der Waals surface area contributed by atoms with Gasteiger partial charge >= 0.3 is 0 Å². The van der Waals surface area contributed by atoms with Gasteiger partial charge in [0, 0.05) is 30.9 Å². The van der Waals surface area contributed by atoms with E-state index in [-0.39, 0.29) is 11.8 Å². The molecule has 3 N–H and O–H groups in total. The number of nitrogens with zero attached hydrogens (tertiary/aromatic N) is 1. The Morgan fingerprint density at radius 1 is 1.35 bits per heavy atom. The third-order valence-corrected chi connectivity index (χ3v) is 3.64. The van der Waals surface area contributed by atoms with Crippen LogP contribution in [0.5, 0.6) is 0 Å². The lowest BCUT2D eigenvalue weighted by Crippen LogP contribution is -2.37. The highest BCUT2D eigenvalue weighted by Gasteiger charge is 2.26. The quantitative estimate of drug-likeness (QED) is 0.878. The molecule has 1 aromatic carbocycles. The van der Waals surface area contributed by atoms with Crippen LogP contribution in [0.25, 0.3) is 0 Å². The van der Waals surface area contributed by atoms with Crippen molar-refractivity contribution in [2.75, 3.05) is 23.3 Å². The largest absolute Gasteiger partial charge is 0.329 e. The van der Waals surface area contributed by atoms with E-state index in [1.165, 1.54) is 0 Å². The minimum Gasteiger partial charge on any atom is -0.329 e. The van der Waals surface area contributed by atoms with Gasteiger partial charge in [-0.2, -0.15) is 0 Å². The van der Waals surface area contributed by atoms with E-state index in [0.717, 1.165) is 18.7 Å². The van der Waals surface area contributed by atoms with Crippen molar-refractivity contribution in [1.29, 1.82) is 0 Å². The Kier molecular flexibility index (Phi) is 4.09. The number of amides is 2. The first-order valence-electron chi connectivity index (χ1n) is 6.86. The van der Waals surface area contributed by atoms with E-state index in [4.69, 9.17) is 5.73 Å². The molecule has 0 spiro atoms. The molecular formula is C15H21N3O2. The molecule has 1 fully saturated rings. The Morgan fingerprint density at radius 2 is 2.00 bits per heavy atom. The summed E-state index contributed by atoms with van der Waals surface area (Å²) in [4.78, 5) is 25.4. The van der Waals surface area contributed by atoms with Crippen molar-refractivity contribution in [3.63, 3.8) is 0 Å². The lowest BCUT2D eigenvalue weighted by molar-refractivity contribution is -0.123. The molecule has 1 aliphatic heterocycles. The van der Waals surface area contributed by atoms with Crippen molar-refractivity contribution in [3.8, 4) is 0 Å². The Bertz CT molecular complexity index is 508. The molecule has 0 aromatic heterocycles. The van der Waals surface area contributed by atoms with Gasteiger partial charge in [0.25, 0.3) is 0 Å². The standard InChI is InChI=1S/C15H21N3O2/c1-15(2,10-16)14(20)17-11-5-7-12(8-6-11)18-9-3-4-13(18)19/h5-8H,3-4,9-10,16H2,1-2H3,(H,17,20). The number of rotatable bonds is 4. The molecule has 1 heterocycles. The molecule has 0 saturated carbocycles. The van der Waals surface area contributed by atoms with Gasteiger partial charge in [0.2, 0.25) is 11.8 Å². The molecule has 0 unspecified atom stereocenters. The van der Waals surface area contributed by atoms with E-state index in [1.807, 2.05) is 24.3 Å². The van der Waals surface area contributed by atoms with Crippen LogP contribution in [0.3, 0.4) is 0 Å². The molecular weight excluding hydrogens is 254 g/mol. The summed E-state index contributed by atoms with van der Waals surface area (Å²) in [5.41, 5.74) is 6.58. The maximum Gasteiger partial charge on any atom is 0.231 e. The van der Waals surface area contributed by atoms with Gasteiger partial charge in [0.15, 0.2) is 0 Å². The first-order chi connectivity index (χ1) is 9.44. The molecule has 20 heavy (non-hydrogen) atoms. The summed E-state index contributed by atoms with van der Waals surface area (Å²) in [6.45, 7) is 4.67. The van der Waals surface area contributed by atoms with E-state index in [9.17, 15) is 9.59 Å². The summed E-state index contributed by atoms with van der Waals surface area (Å²) in [5, 5.41) is 2.84. The van der Waals surface area contributed by atoms with Crippen LogP contribution in [0.15, 0.2) is 24.3 Å². The fraction of sp³-hybridized carbons (Fsp3) is 0.467. The van der Waals surface area contributed by atoms with E-state index >= 15 is 0 Å². The minimum absolute atomic E-state index is 0.106. The molecule has 0 bridgehead atoms. The number of nitrogens with one attached hydrogen (secondary N) is 1. The Morgan fingerprint density at radius 3 is 2.50 bits per heavy atom. The van der Waals surface area contributed by atoms with Gasteiger partial charge in [-0.15, -0.1) is 0 Å². The number of hydrogen-bond acceptors (Lipinski definition) is 3. The molecule has 5 nitrogen and oxygen atoms in total. The van der Waals surface area contributed by atoms with Crippen LogP contribution >= 0.6 is 0 Å². The maximum absolute atomic E-state index is 12.0. The molecule has 0 aliphatic carbocycles. The van der Waals surface area contributed by atoms with Crippen molar-refractivity contribution in [3.05, 3.63) is 24.3 Å². The highest BCUT2D eigenvalue weighted by molar-refractivity contribution is 5.97. The first kappa shape index (κ1) is 14.5. The van der Waals surface area contributed by atoms with Gasteiger partial charge in [0.05, 0.1) is 5.41 Å². The third kappa shape index (κ3) is 2.99. The number of hydrogen-bond donors (Lipinski definition) is 2. The van der Waals surface area contributed by atoms with Crippen LogP contribution in [0.1, 0.15) is 26.7 Å². The molecule has 1 aromatic rings. The van der Waals surface area contributed by atoms with Gasteiger partial charge in [-0.1, -0.05) is 0 Å². The Hall–Kier alpha value is -1.88. The van der Waals surface area contributed by atoms with Gasteiger partial charge in [-0.3, -0.25) is 9.59 Å².